The van der Waals surface area contributed by atoms with Crippen LogP contribution in [-0.4, -0.2) is 176 Å². The normalized spacial score (nSPS) is 31.3. The van der Waals surface area contributed by atoms with Crippen LogP contribution in [0.5, 0.6) is 0 Å². The average Bonchev–Trinajstić information content (AvgIpc) is 3.40. The Kier molecular flexibility index (Phi) is 21.9. The highest BCUT2D eigenvalue weighted by atomic mass is 16.7. The van der Waals surface area contributed by atoms with Crippen molar-refractivity contribution in [1.82, 2.24) is 0 Å². The fourth-order valence-corrected chi connectivity index (χ4v) is 6.18. The summed E-state index contributed by atoms with van der Waals surface area (Å²) in [4.78, 5) is 25.5. The first kappa shape index (κ1) is 49.5. The van der Waals surface area contributed by atoms with Crippen molar-refractivity contribution in [1.29, 1.82) is 0 Å². The molecule has 0 amide bonds. The van der Waals surface area contributed by atoms with Crippen LogP contribution in [0.1, 0.15) is 93.4 Å². The van der Waals surface area contributed by atoms with Gasteiger partial charge in [0, 0.05) is 19.3 Å². The van der Waals surface area contributed by atoms with Crippen LogP contribution in [-0.2, 0) is 42.7 Å². The summed E-state index contributed by atoms with van der Waals surface area (Å²) in [6.07, 6.45) is -16.4. The summed E-state index contributed by atoms with van der Waals surface area (Å²) in [6, 6.07) is 0. The minimum Gasteiger partial charge on any atom is -0.463 e. The minimum atomic E-state index is -1.52. The first-order valence-corrected chi connectivity index (χ1v) is 19.5. The molecule has 18 atom stereocenters. The van der Waals surface area contributed by atoms with E-state index in [1.165, 1.54) is 0 Å². The summed E-state index contributed by atoms with van der Waals surface area (Å²) in [5, 5.41) is 92.0. The summed E-state index contributed by atoms with van der Waals surface area (Å²) in [5.41, 5.74) is 0. The van der Waals surface area contributed by atoms with E-state index >= 15 is 0 Å². The Morgan fingerprint density at radius 3 is 1.85 bits per heavy atom. The Balaban J connectivity index is 1.86. The number of aliphatic hydroxyl groups is 9. The number of carbonyl (C=O) groups excluding carboxylic acids is 2. The van der Waals surface area contributed by atoms with Crippen molar-refractivity contribution in [3.63, 3.8) is 0 Å². The molecule has 9 N–H and O–H groups in total. The maximum Gasteiger partial charge on any atom is 0.308 e. The zero-order chi connectivity index (χ0) is 41.6. The number of hydrogen-bond acceptors (Lipinski definition) is 18. The average molecular weight is 801 g/mol. The molecule has 55 heavy (non-hydrogen) atoms. The number of carbonyl (C=O) groups is 2. The third-order valence-electron chi connectivity index (χ3n) is 10.5. The lowest BCUT2D eigenvalue weighted by molar-refractivity contribution is -0.297. The molecule has 0 aromatic carbocycles. The van der Waals surface area contributed by atoms with Crippen molar-refractivity contribution in [2.75, 3.05) is 19.8 Å². The van der Waals surface area contributed by atoms with Crippen molar-refractivity contribution in [2.45, 2.75) is 191 Å². The van der Waals surface area contributed by atoms with Crippen molar-refractivity contribution < 1.29 is 88.7 Å². The van der Waals surface area contributed by atoms with Gasteiger partial charge in [0.2, 0.25) is 0 Å². The fourth-order valence-electron chi connectivity index (χ4n) is 6.18. The van der Waals surface area contributed by atoms with Gasteiger partial charge >= 0.3 is 11.9 Å². The third-order valence-corrected chi connectivity index (χ3v) is 10.5. The number of ether oxygens (including phenoxy) is 7. The SMILES string of the molecule is CC[C@H](C)[C@H](C[C@H](O)CC(=O)OC[C@H](O)[C@H](CO)O[C@@H]1O[C@@H](C)[C@H](O[C@H](C)[C@@H](C)O)C[C@H]1O)OC(=O)C[C@@H](O)C[C@H](O[C@@H]1O[C@@H](CO)[C@H](O)[C@H]1O)[C@@H](C)CC. The number of hydrogen-bond donors (Lipinski definition) is 9. The molecule has 2 heterocycles. The van der Waals surface area contributed by atoms with E-state index in [0.29, 0.717) is 12.8 Å². The largest absolute Gasteiger partial charge is 0.463 e. The summed E-state index contributed by atoms with van der Waals surface area (Å²) in [7, 11) is 0. The van der Waals surface area contributed by atoms with Gasteiger partial charge in [-0.2, -0.15) is 0 Å². The standard InChI is InChI=1S/C37H68O18/c1-8-18(3)27(52-33(46)13-24(42)11-28(19(4)9-2)53-37-35(48)34(47)31(16-39)55-37)10-23(41)12-32(45)49-17-26(44)30(15-38)54-36-25(43)14-29(22(7)51-36)50-21(6)20(5)40/h18-31,34-44,47-48H,8-17H2,1-7H3/t18-,19-,20+,21+,22-,23-,24-,25+,26-,27-,28-,29+,30-,31-,34-,35+,36-,37+/m0/s1. The Morgan fingerprint density at radius 1 is 0.745 bits per heavy atom. The van der Waals surface area contributed by atoms with Crippen LogP contribution < -0.4 is 0 Å². The van der Waals surface area contributed by atoms with Gasteiger partial charge in [-0.15, -0.1) is 0 Å². The summed E-state index contributed by atoms with van der Waals surface area (Å²) < 4.78 is 39.2. The molecule has 2 aliphatic rings. The summed E-state index contributed by atoms with van der Waals surface area (Å²) in [5.74, 6) is -2.00. The predicted molar refractivity (Wildman–Crippen MR) is 192 cm³/mol. The molecule has 2 saturated heterocycles. The van der Waals surface area contributed by atoms with Crippen molar-refractivity contribution in [3.8, 4) is 0 Å². The van der Waals surface area contributed by atoms with E-state index in [1.54, 1.807) is 27.7 Å². The van der Waals surface area contributed by atoms with Gasteiger partial charge in [0.15, 0.2) is 12.6 Å². The zero-order valence-electron chi connectivity index (χ0n) is 33.2. The maximum atomic E-state index is 12.9. The molecule has 2 fully saturated rings. The topological polar surface area (TPSA) is 281 Å². The van der Waals surface area contributed by atoms with Crippen LogP contribution in [0.4, 0.5) is 0 Å². The Labute approximate surface area is 323 Å². The van der Waals surface area contributed by atoms with E-state index in [4.69, 9.17) is 33.2 Å². The molecule has 0 bridgehead atoms. The fraction of sp³-hybridized carbons (Fsp3) is 0.946. The van der Waals surface area contributed by atoms with E-state index in [2.05, 4.69) is 0 Å². The monoisotopic (exact) mass is 800 g/mol. The second-order valence-corrected chi connectivity index (χ2v) is 15.1. The van der Waals surface area contributed by atoms with Crippen LogP contribution in [0.25, 0.3) is 0 Å². The molecule has 0 unspecified atom stereocenters. The molecule has 2 rings (SSSR count). The smallest absolute Gasteiger partial charge is 0.308 e. The Hall–Kier alpha value is -1.62. The van der Waals surface area contributed by atoms with Crippen molar-refractivity contribution >= 4 is 11.9 Å². The van der Waals surface area contributed by atoms with Gasteiger partial charge in [-0.25, -0.2) is 0 Å². The van der Waals surface area contributed by atoms with Gasteiger partial charge < -0.3 is 79.1 Å². The van der Waals surface area contributed by atoms with Crippen LogP contribution in [0.3, 0.4) is 0 Å². The van der Waals surface area contributed by atoms with Gasteiger partial charge in [-0.1, -0.05) is 40.5 Å². The van der Waals surface area contributed by atoms with Crippen LogP contribution >= 0.6 is 0 Å². The molecule has 0 aromatic heterocycles. The van der Waals surface area contributed by atoms with E-state index in [1.807, 2.05) is 20.8 Å². The molecular weight excluding hydrogens is 732 g/mol. The quantitative estimate of drug-likeness (QED) is 0.0502. The van der Waals surface area contributed by atoms with E-state index in [0.717, 1.165) is 0 Å². The lowest BCUT2D eigenvalue weighted by atomic mass is 9.94. The Morgan fingerprint density at radius 2 is 1.31 bits per heavy atom. The number of rotatable bonds is 25. The predicted octanol–water partition coefficient (Wildman–Crippen LogP) is -0.971. The summed E-state index contributed by atoms with van der Waals surface area (Å²) >= 11 is 0. The maximum absolute atomic E-state index is 12.9. The second-order valence-electron chi connectivity index (χ2n) is 15.1. The summed E-state index contributed by atoms with van der Waals surface area (Å²) in [6.45, 7) is 10.5. The second kappa shape index (κ2) is 24.3. The molecular formula is C37H68O18. The molecule has 0 saturated carbocycles. The highest BCUT2D eigenvalue weighted by Crippen LogP contribution is 2.29. The van der Waals surface area contributed by atoms with Crippen molar-refractivity contribution in [2.24, 2.45) is 11.8 Å². The van der Waals surface area contributed by atoms with Crippen LogP contribution in [0.15, 0.2) is 0 Å². The number of esters is 2. The number of aliphatic hydroxyl groups excluding tert-OH is 9. The van der Waals surface area contributed by atoms with Gasteiger partial charge in [0.25, 0.3) is 0 Å². The molecule has 2 aliphatic heterocycles. The molecule has 0 spiro atoms. The molecule has 0 aromatic rings. The zero-order valence-corrected chi connectivity index (χ0v) is 33.2. The lowest BCUT2D eigenvalue weighted by Gasteiger charge is -2.40. The van der Waals surface area contributed by atoms with E-state index in [9.17, 15) is 55.5 Å². The first-order valence-electron chi connectivity index (χ1n) is 19.5. The highest BCUT2D eigenvalue weighted by Gasteiger charge is 2.45. The van der Waals surface area contributed by atoms with E-state index in [-0.39, 0.29) is 31.1 Å². The molecule has 0 radical (unpaired) electrons. The molecule has 18 nitrogen and oxygen atoms in total. The molecule has 324 valence electrons. The van der Waals surface area contributed by atoms with Crippen LogP contribution in [0, 0.1) is 11.8 Å². The van der Waals surface area contributed by atoms with Gasteiger partial charge in [0.05, 0.1) is 68.8 Å². The van der Waals surface area contributed by atoms with Crippen LogP contribution in [0.2, 0.25) is 0 Å². The van der Waals surface area contributed by atoms with E-state index < -0.39 is 143 Å². The third kappa shape index (κ3) is 15.9. The van der Waals surface area contributed by atoms with Gasteiger partial charge in [-0.05, 0) is 32.6 Å². The molecule has 18 heteroatoms. The van der Waals surface area contributed by atoms with Crippen molar-refractivity contribution in [3.05, 3.63) is 0 Å². The lowest BCUT2D eigenvalue weighted by Crippen LogP contribution is -2.52. The molecule has 0 aliphatic carbocycles. The highest BCUT2D eigenvalue weighted by molar-refractivity contribution is 5.70. The first-order chi connectivity index (χ1) is 25.8. The van der Waals surface area contributed by atoms with Gasteiger partial charge in [0.1, 0.15) is 49.3 Å². The Bertz CT molecular complexity index is 1100. The minimum absolute atomic E-state index is 0.0277. The van der Waals surface area contributed by atoms with Gasteiger partial charge in [-0.3, -0.25) is 9.59 Å².